The summed E-state index contributed by atoms with van der Waals surface area (Å²) in [5.74, 6) is 1.46. The molecule has 0 saturated carbocycles. The Morgan fingerprint density at radius 1 is 1.00 bits per heavy atom. The molecule has 0 saturated heterocycles. The Hall–Kier alpha value is -1.27. The Morgan fingerprint density at radius 2 is 1.72 bits per heavy atom. The van der Waals surface area contributed by atoms with E-state index in [0.29, 0.717) is 39.7 Å². The van der Waals surface area contributed by atoms with E-state index in [1.165, 1.54) is 23.9 Å². The molecule has 4 nitrogen and oxygen atoms in total. The number of rotatable bonds is 4. The van der Waals surface area contributed by atoms with Gasteiger partial charge in [0.1, 0.15) is 0 Å². The number of anilines is 1. The van der Waals surface area contributed by atoms with Crippen molar-refractivity contribution in [1.82, 2.24) is 0 Å². The Bertz CT molecular complexity index is 801. The molecule has 1 heterocycles. The molecule has 1 aliphatic rings. The molecular weight excluding hydrogens is 405 g/mol. The molecule has 0 atom stereocenters. The van der Waals surface area contributed by atoms with Gasteiger partial charge in [-0.1, -0.05) is 34.8 Å². The summed E-state index contributed by atoms with van der Waals surface area (Å²) in [7, 11) is 0. The van der Waals surface area contributed by atoms with E-state index < -0.39 is 0 Å². The number of thioether (sulfide) groups is 1. The van der Waals surface area contributed by atoms with Crippen molar-refractivity contribution in [1.29, 1.82) is 0 Å². The van der Waals surface area contributed by atoms with E-state index in [0.717, 1.165) is 17.1 Å². The SMILES string of the molecule is O=C(CSc1ccc2c(c1)OCCCO2)Nc1cc(Cl)c(Cl)cc1Cl. The van der Waals surface area contributed by atoms with Crippen LogP contribution < -0.4 is 14.8 Å². The molecular formula is C17H14Cl3NO3S. The first kappa shape index (κ1) is 18.5. The van der Waals surface area contributed by atoms with E-state index in [9.17, 15) is 4.79 Å². The number of benzene rings is 2. The summed E-state index contributed by atoms with van der Waals surface area (Å²) in [5, 5.41) is 3.74. The van der Waals surface area contributed by atoms with Gasteiger partial charge in [0.2, 0.25) is 5.91 Å². The highest BCUT2D eigenvalue weighted by molar-refractivity contribution is 8.00. The lowest BCUT2D eigenvalue weighted by Gasteiger charge is -2.10. The minimum atomic E-state index is -0.197. The third kappa shape index (κ3) is 4.88. The Morgan fingerprint density at radius 3 is 2.52 bits per heavy atom. The summed E-state index contributed by atoms with van der Waals surface area (Å²) < 4.78 is 11.2. The van der Waals surface area contributed by atoms with E-state index in [1.54, 1.807) is 0 Å². The van der Waals surface area contributed by atoms with E-state index in [4.69, 9.17) is 44.3 Å². The first-order valence-electron chi connectivity index (χ1n) is 7.50. The van der Waals surface area contributed by atoms with Gasteiger partial charge in [-0.15, -0.1) is 11.8 Å². The van der Waals surface area contributed by atoms with Crippen LogP contribution in [0.15, 0.2) is 35.2 Å². The monoisotopic (exact) mass is 417 g/mol. The fraction of sp³-hybridized carbons (Fsp3) is 0.235. The predicted molar refractivity (Wildman–Crippen MR) is 103 cm³/mol. The van der Waals surface area contributed by atoms with Crippen molar-refractivity contribution in [3.8, 4) is 11.5 Å². The van der Waals surface area contributed by atoms with Crippen molar-refractivity contribution < 1.29 is 14.3 Å². The number of fused-ring (bicyclic) bond motifs is 1. The number of carbonyl (C=O) groups excluding carboxylic acids is 1. The van der Waals surface area contributed by atoms with E-state index in [2.05, 4.69) is 5.32 Å². The van der Waals surface area contributed by atoms with Gasteiger partial charge in [0.25, 0.3) is 0 Å². The van der Waals surface area contributed by atoms with Crippen molar-refractivity contribution in [3.63, 3.8) is 0 Å². The van der Waals surface area contributed by atoms with Crippen LogP contribution in [0.25, 0.3) is 0 Å². The van der Waals surface area contributed by atoms with Crippen molar-refractivity contribution in [2.75, 3.05) is 24.3 Å². The summed E-state index contributed by atoms with van der Waals surface area (Å²) >= 11 is 19.3. The van der Waals surface area contributed by atoms with Crippen LogP contribution in [0.2, 0.25) is 15.1 Å². The maximum absolute atomic E-state index is 12.2. The number of halogens is 3. The number of hydrogen-bond donors (Lipinski definition) is 1. The minimum Gasteiger partial charge on any atom is -0.490 e. The Labute approximate surface area is 164 Å². The second-order valence-electron chi connectivity index (χ2n) is 5.24. The quantitative estimate of drug-likeness (QED) is 0.523. The number of nitrogens with one attached hydrogen (secondary N) is 1. The zero-order valence-electron chi connectivity index (χ0n) is 13.0. The van der Waals surface area contributed by atoms with Gasteiger partial charge in [-0.2, -0.15) is 0 Å². The number of amides is 1. The second-order valence-corrected chi connectivity index (χ2v) is 7.51. The molecule has 132 valence electrons. The molecule has 3 rings (SSSR count). The predicted octanol–water partition coefficient (Wildman–Crippen LogP) is 5.54. The highest BCUT2D eigenvalue weighted by Crippen LogP contribution is 2.35. The molecule has 1 N–H and O–H groups in total. The van der Waals surface area contributed by atoms with Gasteiger partial charge in [-0.3, -0.25) is 4.79 Å². The van der Waals surface area contributed by atoms with Gasteiger partial charge >= 0.3 is 0 Å². The molecule has 0 aromatic heterocycles. The van der Waals surface area contributed by atoms with Crippen LogP contribution in [-0.4, -0.2) is 24.9 Å². The maximum Gasteiger partial charge on any atom is 0.234 e. The second kappa shape index (κ2) is 8.41. The van der Waals surface area contributed by atoms with Crippen LogP contribution in [0.5, 0.6) is 11.5 Å². The Balaban J connectivity index is 1.61. The molecule has 0 spiro atoms. The highest BCUT2D eigenvalue weighted by Gasteiger charge is 2.13. The van der Waals surface area contributed by atoms with Crippen LogP contribution in [0, 0.1) is 0 Å². The van der Waals surface area contributed by atoms with Crippen molar-refractivity contribution in [2.24, 2.45) is 0 Å². The highest BCUT2D eigenvalue weighted by atomic mass is 35.5. The smallest absolute Gasteiger partial charge is 0.234 e. The lowest BCUT2D eigenvalue weighted by atomic mass is 10.3. The normalized spacial score (nSPS) is 13.2. The third-order valence-corrected chi connectivity index (χ3v) is 5.40. The fourth-order valence-electron chi connectivity index (χ4n) is 2.19. The van der Waals surface area contributed by atoms with Crippen LogP contribution in [0.1, 0.15) is 6.42 Å². The molecule has 8 heteroatoms. The average molecular weight is 419 g/mol. The molecule has 0 bridgehead atoms. The minimum absolute atomic E-state index is 0.197. The summed E-state index contributed by atoms with van der Waals surface area (Å²) in [5.41, 5.74) is 0.431. The molecule has 25 heavy (non-hydrogen) atoms. The molecule has 1 amide bonds. The first-order valence-corrected chi connectivity index (χ1v) is 9.62. The molecule has 0 radical (unpaired) electrons. The van der Waals surface area contributed by atoms with Gasteiger partial charge in [0, 0.05) is 11.3 Å². The van der Waals surface area contributed by atoms with Crippen LogP contribution in [0.3, 0.4) is 0 Å². The number of carbonyl (C=O) groups is 1. The molecule has 2 aromatic carbocycles. The van der Waals surface area contributed by atoms with Gasteiger partial charge in [-0.05, 0) is 30.3 Å². The summed E-state index contributed by atoms with van der Waals surface area (Å²) in [4.78, 5) is 13.1. The van der Waals surface area contributed by atoms with Gasteiger partial charge < -0.3 is 14.8 Å². The van der Waals surface area contributed by atoms with E-state index >= 15 is 0 Å². The standard InChI is InChI=1S/C17H14Cl3NO3S/c18-11-7-13(20)14(8-12(11)19)21-17(22)9-25-10-2-3-15-16(6-10)24-5-1-4-23-15/h2-3,6-8H,1,4-5,9H2,(H,21,22). The van der Waals surface area contributed by atoms with E-state index in [1.807, 2.05) is 18.2 Å². The summed E-state index contributed by atoms with van der Waals surface area (Å²) in [6.07, 6.45) is 0.851. The Kier molecular flexibility index (Phi) is 6.23. The number of hydrogen-bond acceptors (Lipinski definition) is 4. The molecule has 1 aliphatic heterocycles. The average Bonchev–Trinajstić information content (AvgIpc) is 2.82. The van der Waals surface area contributed by atoms with Crippen molar-refractivity contribution >= 4 is 58.2 Å². The van der Waals surface area contributed by atoms with Crippen LogP contribution >= 0.6 is 46.6 Å². The summed E-state index contributed by atoms with van der Waals surface area (Å²) in [6.45, 7) is 1.27. The molecule has 0 unspecified atom stereocenters. The van der Waals surface area contributed by atoms with Crippen LogP contribution in [0.4, 0.5) is 5.69 Å². The van der Waals surface area contributed by atoms with Gasteiger partial charge in [-0.25, -0.2) is 0 Å². The van der Waals surface area contributed by atoms with Crippen LogP contribution in [-0.2, 0) is 4.79 Å². The molecule has 0 fully saturated rings. The van der Waals surface area contributed by atoms with Gasteiger partial charge in [0.15, 0.2) is 11.5 Å². The lowest BCUT2D eigenvalue weighted by molar-refractivity contribution is -0.113. The molecule has 0 aliphatic carbocycles. The fourth-order valence-corrected chi connectivity index (χ4v) is 3.51. The van der Waals surface area contributed by atoms with E-state index in [-0.39, 0.29) is 11.7 Å². The summed E-state index contributed by atoms with van der Waals surface area (Å²) in [6, 6.07) is 8.67. The van der Waals surface area contributed by atoms with Crippen molar-refractivity contribution in [2.45, 2.75) is 11.3 Å². The largest absolute Gasteiger partial charge is 0.490 e. The third-order valence-electron chi connectivity index (χ3n) is 3.37. The molecule has 2 aromatic rings. The van der Waals surface area contributed by atoms with Crippen molar-refractivity contribution in [3.05, 3.63) is 45.4 Å². The zero-order chi connectivity index (χ0) is 17.8. The number of ether oxygens (including phenoxy) is 2. The maximum atomic E-state index is 12.2. The topological polar surface area (TPSA) is 47.6 Å². The van der Waals surface area contributed by atoms with Gasteiger partial charge in [0.05, 0.1) is 39.7 Å². The lowest BCUT2D eigenvalue weighted by Crippen LogP contribution is -2.14. The first-order chi connectivity index (χ1) is 12.0. The zero-order valence-corrected chi connectivity index (χ0v) is 16.1.